The van der Waals surface area contributed by atoms with Gasteiger partial charge in [0.1, 0.15) is 0 Å². The number of rotatable bonds is 6. The Kier molecular flexibility index (Phi) is 5.57. The average Bonchev–Trinajstić information content (AvgIpc) is 3.04. The van der Waals surface area contributed by atoms with Crippen LogP contribution in [0.3, 0.4) is 0 Å². The molecule has 30 heavy (non-hydrogen) atoms. The molecule has 2 N–H and O–H groups in total. The number of nitrogens with one attached hydrogen (secondary N) is 2. The summed E-state index contributed by atoms with van der Waals surface area (Å²) in [6.45, 7) is 0.273. The molecule has 1 aliphatic rings. The quantitative estimate of drug-likeness (QED) is 0.624. The van der Waals surface area contributed by atoms with Gasteiger partial charge in [-0.15, -0.1) is 0 Å². The summed E-state index contributed by atoms with van der Waals surface area (Å²) in [6, 6.07) is 25.4. The minimum absolute atomic E-state index is 0.112. The van der Waals surface area contributed by atoms with Crippen molar-refractivity contribution in [2.45, 2.75) is 6.04 Å². The van der Waals surface area contributed by atoms with E-state index in [0.717, 1.165) is 16.0 Å². The number of imide groups is 1. The van der Waals surface area contributed by atoms with Gasteiger partial charge in [0.05, 0.1) is 17.2 Å². The number of fused-ring (bicyclic) bond motifs is 1. The highest BCUT2D eigenvalue weighted by Gasteiger charge is 2.34. The van der Waals surface area contributed by atoms with Crippen molar-refractivity contribution in [1.82, 2.24) is 15.5 Å². The zero-order chi connectivity index (χ0) is 20.9. The minimum atomic E-state index is -0.371. The van der Waals surface area contributed by atoms with Gasteiger partial charge in [-0.2, -0.15) is 0 Å². The van der Waals surface area contributed by atoms with Crippen LogP contribution < -0.4 is 10.6 Å². The smallest absolute Gasteiger partial charge is 0.315 e. The third kappa shape index (κ3) is 3.93. The Bertz CT molecular complexity index is 993. The Labute approximate surface area is 174 Å². The molecule has 4 rings (SSSR count). The number of amides is 4. The first-order chi connectivity index (χ1) is 14.6. The van der Waals surface area contributed by atoms with Crippen molar-refractivity contribution in [3.63, 3.8) is 0 Å². The molecule has 0 bridgehead atoms. The lowest BCUT2D eigenvalue weighted by Gasteiger charge is -2.21. The first kappa shape index (κ1) is 19.4. The van der Waals surface area contributed by atoms with Gasteiger partial charge in [0.25, 0.3) is 11.8 Å². The molecular formula is C24H21N3O3. The van der Waals surface area contributed by atoms with Crippen LogP contribution in [0.2, 0.25) is 0 Å². The van der Waals surface area contributed by atoms with Gasteiger partial charge >= 0.3 is 6.03 Å². The Morgan fingerprint density at radius 3 is 1.70 bits per heavy atom. The molecule has 0 atom stereocenters. The molecule has 6 heteroatoms. The Morgan fingerprint density at radius 2 is 1.20 bits per heavy atom. The van der Waals surface area contributed by atoms with Crippen molar-refractivity contribution < 1.29 is 14.4 Å². The molecule has 0 aromatic heterocycles. The highest BCUT2D eigenvalue weighted by molar-refractivity contribution is 6.21. The van der Waals surface area contributed by atoms with Crippen molar-refractivity contribution >= 4 is 17.8 Å². The largest absolute Gasteiger partial charge is 0.336 e. The number of urea groups is 1. The van der Waals surface area contributed by atoms with E-state index in [-0.39, 0.29) is 37.0 Å². The van der Waals surface area contributed by atoms with Gasteiger partial charge in [-0.3, -0.25) is 14.5 Å². The molecule has 4 amide bonds. The third-order valence-electron chi connectivity index (χ3n) is 5.04. The summed E-state index contributed by atoms with van der Waals surface area (Å²) in [5.41, 5.74) is 2.72. The fourth-order valence-corrected chi connectivity index (χ4v) is 3.56. The second-order valence-electron chi connectivity index (χ2n) is 6.96. The van der Waals surface area contributed by atoms with Gasteiger partial charge in [0.2, 0.25) is 0 Å². The summed E-state index contributed by atoms with van der Waals surface area (Å²) in [4.78, 5) is 38.5. The van der Waals surface area contributed by atoms with E-state index < -0.39 is 0 Å². The first-order valence-electron chi connectivity index (χ1n) is 9.74. The summed E-state index contributed by atoms with van der Waals surface area (Å²) >= 11 is 0. The van der Waals surface area contributed by atoms with Gasteiger partial charge in [0.15, 0.2) is 0 Å². The molecule has 3 aromatic rings. The van der Waals surface area contributed by atoms with Crippen LogP contribution in [0.4, 0.5) is 4.79 Å². The summed E-state index contributed by atoms with van der Waals surface area (Å²) in [5, 5.41) is 5.73. The predicted molar refractivity (Wildman–Crippen MR) is 113 cm³/mol. The van der Waals surface area contributed by atoms with Gasteiger partial charge < -0.3 is 10.6 Å². The minimum Gasteiger partial charge on any atom is -0.336 e. The molecule has 0 unspecified atom stereocenters. The van der Waals surface area contributed by atoms with Crippen molar-refractivity contribution in [1.29, 1.82) is 0 Å². The zero-order valence-electron chi connectivity index (χ0n) is 16.2. The second-order valence-corrected chi connectivity index (χ2v) is 6.96. The van der Waals surface area contributed by atoms with Gasteiger partial charge in [-0.1, -0.05) is 72.8 Å². The molecule has 0 saturated carbocycles. The molecule has 150 valence electrons. The highest BCUT2D eigenvalue weighted by atomic mass is 16.2. The monoisotopic (exact) mass is 399 g/mol. The van der Waals surface area contributed by atoms with Crippen molar-refractivity contribution in [2.75, 3.05) is 13.1 Å². The van der Waals surface area contributed by atoms with Gasteiger partial charge in [-0.05, 0) is 23.3 Å². The molecule has 3 aromatic carbocycles. The Hall–Kier alpha value is -3.93. The third-order valence-corrected chi connectivity index (χ3v) is 5.04. The lowest BCUT2D eigenvalue weighted by atomic mass is 9.99. The van der Waals surface area contributed by atoms with Crippen molar-refractivity contribution in [3.8, 4) is 0 Å². The second kappa shape index (κ2) is 8.61. The summed E-state index contributed by atoms with van der Waals surface area (Å²) < 4.78 is 0. The molecule has 0 aliphatic carbocycles. The molecular weight excluding hydrogens is 378 g/mol. The van der Waals surface area contributed by atoms with E-state index in [1.165, 1.54) is 0 Å². The normalized spacial score (nSPS) is 12.8. The fourth-order valence-electron chi connectivity index (χ4n) is 3.56. The van der Waals surface area contributed by atoms with Crippen LogP contribution in [0.15, 0.2) is 84.9 Å². The summed E-state index contributed by atoms with van der Waals surface area (Å²) in [5.74, 6) is -0.659. The summed E-state index contributed by atoms with van der Waals surface area (Å²) in [6.07, 6.45) is 0. The average molecular weight is 399 g/mol. The molecule has 6 nitrogen and oxygen atoms in total. The van der Waals surface area contributed by atoms with Crippen LogP contribution in [0.25, 0.3) is 0 Å². The maximum Gasteiger partial charge on any atom is 0.315 e. The van der Waals surface area contributed by atoms with E-state index >= 15 is 0 Å². The van der Waals surface area contributed by atoms with Gasteiger partial charge in [-0.25, -0.2) is 4.79 Å². The maximum absolute atomic E-state index is 12.5. The van der Waals surface area contributed by atoms with Crippen LogP contribution in [0, 0.1) is 0 Å². The highest BCUT2D eigenvalue weighted by Crippen LogP contribution is 2.22. The van der Waals surface area contributed by atoms with Gasteiger partial charge in [0, 0.05) is 13.1 Å². The van der Waals surface area contributed by atoms with E-state index in [0.29, 0.717) is 11.1 Å². The van der Waals surface area contributed by atoms with Crippen LogP contribution in [0.1, 0.15) is 37.9 Å². The number of carbonyl (C=O) groups excluding carboxylic acids is 3. The molecule has 1 heterocycles. The number of hydrogen-bond acceptors (Lipinski definition) is 3. The molecule has 0 fully saturated rings. The molecule has 1 aliphatic heterocycles. The van der Waals surface area contributed by atoms with E-state index in [2.05, 4.69) is 10.6 Å². The van der Waals surface area contributed by atoms with Crippen LogP contribution in [0.5, 0.6) is 0 Å². The standard InChI is InChI=1S/C24H21N3O3/c28-22-19-13-7-8-14-20(19)23(29)27(22)16-15-25-24(30)26-21(17-9-3-1-4-10-17)18-11-5-2-6-12-18/h1-14,21H,15-16H2,(H2,25,26,30). The zero-order valence-corrected chi connectivity index (χ0v) is 16.2. The summed E-state index contributed by atoms with van der Waals surface area (Å²) in [7, 11) is 0. The van der Waals surface area contributed by atoms with Crippen molar-refractivity contribution in [3.05, 3.63) is 107 Å². The van der Waals surface area contributed by atoms with E-state index in [9.17, 15) is 14.4 Å². The van der Waals surface area contributed by atoms with Crippen molar-refractivity contribution in [2.24, 2.45) is 0 Å². The Balaban J connectivity index is 1.38. The van der Waals surface area contributed by atoms with Crippen LogP contribution in [-0.2, 0) is 0 Å². The predicted octanol–water partition coefficient (Wildman–Crippen LogP) is 3.37. The maximum atomic E-state index is 12.5. The number of hydrogen-bond donors (Lipinski definition) is 2. The lowest BCUT2D eigenvalue weighted by Crippen LogP contribution is -2.43. The topological polar surface area (TPSA) is 78.5 Å². The number of nitrogens with zero attached hydrogens (tertiary/aromatic N) is 1. The number of carbonyl (C=O) groups is 3. The number of benzene rings is 3. The van der Waals surface area contributed by atoms with Crippen LogP contribution >= 0.6 is 0 Å². The molecule has 0 radical (unpaired) electrons. The Morgan fingerprint density at radius 1 is 0.733 bits per heavy atom. The van der Waals surface area contributed by atoms with E-state index in [1.54, 1.807) is 24.3 Å². The lowest BCUT2D eigenvalue weighted by molar-refractivity contribution is 0.0656. The molecule has 0 saturated heterocycles. The molecule has 0 spiro atoms. The SMILES string of the molecule is O=C(NCCN1C(=O)c2ccccc2C1=O)NC(c1ccccc1)c1ccccc1. The van der Waals surface area contributed by atoms with E-state index in [4.69, 9.17) is 0 Å². The van der Waals surface area contributed by atoms with Crippen LogP contribution in [-0.4, -0.2) is 35.8 Å². The fraction of sp³-hybridized carbons (Fsp3) is 0.125. The van der Waals surface area contributed by atoms with E-state index in [1.807, 2.05) is 60.7 Å². The first-order valence-corrected chi connectivity index (χ1v) is 9.74.